The van der Waals surface area contributed by atoms with E-state index in [1.54, 1.807) is 0 Å². The molecule has 0 radical (unpaired) electrons. The Balaban J connectivity index is 1.49. The highest BCUT2D eigenvalue weighted by Gasteiger charge is 2.46. The number of rotatable bonds is 7. The number of benzene rings is 2. The minimum Gasteiger partial charge on any atom is -0.477 e. The fourth-order valence-corrected chi connectivity index (χ4v) is 6.91. The molecular weight excluding hydrogens is 468 g/mol. The van der Waals surface area contributed by atoms with E-state index in [4.69, 9.17) is 0 Å². The maximum atomic E-state index is 13.8. The van der Waals surface area contributed by atoms with Crippen LogP contribution in [0.3, 0.4) is 0 Å². The van der Waals surface area contributed by atoms with Crippen molar-refractivity contribution in [1.29, 1.82) is 0 Å². The van der Waals surface area contributed by atoms with E-state index in [9.17, 15) is 14.7 Å². The number of carbonyl (C=O) groups is 2. The van der Waals surface area contributed by atoms with Crippen LogP contribution in [-0.4, -0.2) is 47.6 Å². The van der Waals surface area contributed by atoms with E-state index in [0.717, 1.165) is 55.6 Å². The zero-order valence-corrected chi connectivity index (χ0v) is 21.7. The number of anilines is 1. The summed E-state index contributed by atoms with van der Waals surface area (Å²) in [6.07, 6.45) is 6.56. The third-order valence-corrected chi connectivity index (χ3v) is 9.12. The number of carboxylic acid groups (broad SMARTS) is 1. The highest BCUT2D eigenvalue weighted by atomic mass is 32.1. The Morgan fingerprint density at radius 2 is 1.69 bits per heavy atom. The highest BCUT2D eigenvalue weighted by Crippen LogP contribution is 2.46. The van der Waals surface area contributed by atoms with Gasteiger partial charge in [0.2, 0.25) is 5.91 Å². The highest BCUT2D eigenvalue weighted by molar-refractivity contribution is 7.18. The first-order valence-electron chi connectivity index (χ1n) is 13.0. The number of carboxylic acids is 1. The molecule has 1 amide bonds. The lowest BCUT2D eigenvalue weighted by Crippen LogP contribution is -2.62. The summed E-state index contributed by atoms with van der Waals surface area (Å²) in [6.45, 7) is 4.21. The van der Waals surface area contributed by atoms with E-state index in [1.165, 1.54) is 23.3 Å². The lowest BCUT2D eigenvalue weighted by Gasteiger charge is -2.51. The fraction of sp³-hybridized carbons (Fsp3) is 0.400. The van der Waals surface area contributed by atoms with Crippen LogP contribution in [0.1, 0.15) is 54.3 Å². The Labute approximate surface area is 217 Å². The molecule has 36 heavy (non-hydrogen) atoms. The molecule has 1 N–H and O–H groups in total. The smallest absolute Gasteiger partial charge is 0.348 e. The van der Waals surface area contributed by atoms with E-state index in [1.807, 2.05) is 47.4 Å². The van der Waals surface area contributed by atoms with Gasteiger partial charge in [0.15, 0.2) is 0 Å². The second-order valence-corrected chi connectivity index (χ2v) is 11.5. The molecule has 1 aliphatic carbocycles. The van der Waals surface area contributed by atoms with E-state index >= 15 is 0 Å². The predicted octanol–water partition coefficient (Wildman–Crippen LogP) is 6.34. The summed E-state index contributed by atoms with van der Waals surface area (Å²) in [4.78, 5) is 31.5. The molecule has 1 unspecified atom stereocenters. The van der Waals surface area contributed by atoms with Gasteiger partial charge in [0.1, 0.15) is 4.88 Å². The van der Waals surface area contributed by atoms with Crippen molar-refractivity contribution in [2.75, 3.05) is 24.5 Å². The molecule has 3 aromatic rings. The second kappa shape index (κ2) is 10.6. The first-order valence-corrected chi connectivity index (χ1v) is 13.8. The van der Waals surface area contributed by atoms with Gasteiger partial charge in [-0.05, 0) is 41.9 Å². The number of hydrogen-bond acceptors (Lipinski definition) is 4. The van der Waals surface area contributed by atoms with Gasteiger partial charge in [-0.3, -0.25) is 9.69 Å². The Bertz CT molecular complexity index is 1200. The van der Waals surface area contributed by atoms with Crippen LogP contribution in [0.4, 0.5) is 5.69 Å². The van der Waals surface area contributed by atoms with Gasteiger partial charge in [-0.2, -0.15) is 0 Å². The van der Waals surface area contributed by atoms with Crippen LogP contribution in [0.2, 0.25) is 0 Å². The molecule has 1 saturated carbocycles. The van der Waals surface area contributed by atoms with E-state index in [0.29, 0.717) is 12.2 Å². The molecule has 5 rings (SSSR count). The second-order valence-electron chi connectivity index (χ2n) is 10.5. The van der Waals surface area contributed by atoms with Crippen molar-refractivity contribution >= 4 is 28.9 Å². The molecule has 2 aromatic carbocycles. The van der Waals surface area contributed by atoms with Gasteiger partial charge >= 0.3 is 5.97 Å². The van der Waals surface area contributed by atoms with E-state index < -0.39 is 5.97 Å². The molecule has 6 heteroatoms. The standard InChI is InChI=1S/C30H34N2O3S/c1-30(16-9-4-10-17-30)26-20-31(18-15-22-11-5-2-6-12-22)21-27(33)32(26)24-19-25(36-28(24)29(34)35)23-13-7-3-8-14-23/h2-3,5-8,11-14,19,26H,4,9-10,15-18,20-21H2,1H3,(H,34,35). The van der Waals surface area contributed by atoms with Gasteiger partial charge in [0, 0.05) is 18.0 Å². The average Bonchev–Trinajstić information content (AvgIpc) is 3.34. The lowest BCUT2D eigenvalue weighted by atomic mass is 9.69. The zero-order chi connectivity index (χ0) is 25.1. The van der Waals surface area contributed by atoms with Crippen LogP contribution in [0.15, 0.2) is 66.7 Å². The summed E-state index contributed by atoms with van der Waals surface area (Å²) in [7, 11) is 0. The first kappa shape index (κ1) is 24.7. The van der Waals surface area contributed by atoms with Gasteiger partial charge in [0.25, 0.3) is 0 Å². The molecular formula is C30H34N2O3S. The van der Waals surface area contributed by atoms with Gasteiger partial charge < -0.3 is 10.0 Å². The fourth-order valence-electron chi connectivity index (χ4n) is 5.92. The van der Waals surface area contributed by atoms with Crippen molar-refractivity contribution in [3.63, 3.8) is 0 Å². The molecule has 2 heterocycles. The third-order valence-electron chi connectivity index (χ3n) is 7.95. The molecule has 188 valence electrons. The molecule has 0 bridgehead atoms. The van der Waals surface area contributed by atoms with Gasteiger partial charge in [-0.25, -0.2) is 4.79 Å². The quantitative estimate of drug-likeness (QED) is 0.409. The van der Waals surface area contributed by atoms with Crippen LogP contribution >= 0.6 is 11.3 Å². The monoisotopic (exact) mass is 502 g/mol. The van der Waals surface area contributed by atoms with Crippen molar-refractivity contribution in [2.45, 2.75) is 51.5 Å². The number of hydrogen-bond donors (Lipinski definition) is 1. The molecule has 5 nitrogen and oxygen atoms in total. The summed E-state index contributed by atoms with van der Waals surface area (Å²) in [5.41, 5.74) is 2.78. The van der Waals surface area contributed by atoms with Gasteiger partial charge in [0.05, 0.1) is 18.3 Å². The number of carbonyl (C=O) groups excluding carboxylic acids is 1. The molecule has 0 spiro atoms. The lowest BCUT2D eigenvalue weighted by molar-refractivity contribution is -0.123. The zero-order valence-electron chi connectivity index (χ0n) is 20.9. The largest absolute Gasteiger partial charge is 0.477 e. The normalized spacial score (nSPS) is 20.4. The maximum Gasteiger partial charge on any atom is 0.348 e. The summed E-state index contributed by atoms with van der Waals surface area (Å²) < 4.78 is 0. The van der Waals surface area contributed by atoms with Crippen molar-refractivity contribution in [3.05, 3.63) is 77.2 Å². The van der Waals surface area contributed by atoms with Gasteiger partial charge in [-0.1, -0.05) is 86.8 Å². The Morgan fingerprint density at radius 3 is 2.36 bits per heavy atom. The van der Waals surface area contributed by atoms with Gasteiger partial charge in [-0.15, -0.1) is 11.3 Å². The van der Waals surface area contributed by atoms with Crippen molar-refractivity contribution in [3.8, 4) is 10.4 Å². The summed E-state index contributed by atoms with van der Waals surface area (Å²) in [5, 5.41) is 10.1. The predicted molar refractivity (Wildman–Crippen MR) is 146 cm³/mol. The summed E-state index contributed by atoms with van der Waals surface area (Å²) in [5.74, 6) is -0.963. The number of thiophene rings is 1. The first-order chi connectivity index (χ1) is 17.4. The van der Waals surface area contributed by atoms with Crippen LogP contribution in [0, 0.1) is 5.41 Å². The minimum atomic E-state index is -0.968. The molecule has 2 fully saturated rings. The van der Waals surface area contributed by atoms with E-state index in [-0.39, 0.29) is 22.2 Å². The van der Waals surface area contributed by atoms with E-state index in [2.05, 4.69) is 36.1 Å². The van der Waals surface area contributed by atoms with Crippen LogP contribution in [0.5, 0.6) is 0 Å². The molecule has 1 atom stereocenters. The molecule has 1 saturated heterocycles. The van der Waals surface area contributed by atoms with Crippen molar-refractivity contribution < 1.29 is 14.7 Å². The van der Waals surface area contributed by atoms with Crippen LogP contribution in [-0.2, 0) is 11.2 Å². The topological polar surface area (TPSA) is 60.9 Å². The minimum absolute atomic E-state index is 0.00558. The number of nitrogens with zero attached hydrogens (tertiary/aromatic N) is 2. The Kier molecular flexibility index (Phi) is 7.26. The number of piperazine rings is 1. The molecule has 1 aliphatic heterocycles. The van der Waals surface area contributed by atoms with Crippen LogP contribution < -0.4 is 4.90 Å². The average molecular weight is 503 g/mol. The Hall–Kier alpha value is -2.96. The Morgan fingerprint density at radius 1 is 1.03 bits per heavy atom. The number of aromatic carboxylic acids is 1. The van der Waals surface area contributed by atoms with Crippen molar-refractivity contribution in [1.82, 2.24) is 4.90 Å². The SMILES string of the molecule is CC1(C2CN(CCc3ccccc3)CC(=O)N2c2cc(-c3ccccc3)sc2C(=O)O)CCCCC1. The number of amides is 1. The summed E-state index contributed by atoms with van der Waals surface area (Å²) >= 11 is 1.27. The van der Waals surface area contributed by atoms with Crippen molar-refractivity contribution in [2.24, 2.45) is 5.41 Å². The summed E-state index contributed by atoms with van der Waals surface area (Å²) in [6, 6.07) is 22.1. The maximum absolute atomic E-state index is 13.8. The molecule has 1 aromatic heterocycles. The molecule has 2 aliphatic rings. The third kappa shape index (κ3) is 5.11. The van der Waals surface area contributed by atoms with Crippen LogP contribution in [0.25, 0.3) is 10.4 Å².